The highest BCUT2D eigenvalue weighted by Gasteiger charge is 2.67. The van der Waals surface area contributed by atoms with Crippen LogP contribution in [0, 0.1) is 22.7 Å². The van der Waals surface area contributed by atoms with E-state index >= 15 is 0 Å². The van der Waals surface area contributed by atoms with Crippen LogP contribution in [0.15, 0.2) is 24.3 Å². The zero-order valence-electron chi connectivity index (χ0n) is 21.7. The molecular weight excluding hydrogens is 456 g/mol. The highest BCUT2D eigenvalue weighted by molar-refractivity contribution is 6.70. The van der Waals surface area contributed by atoms with Crippen molar-refractivity contribution < 1.29 is 32.7 Å². The van der Waals surface area contributed by atoms with Gasteiger partial charge in [0.15, 0.2) is 22.4 Å². The molecule has 2 aliphatic carbocycles. The van der Waals surface area contributed by atoms with Gasteiger partial charge in [0.25, 0.3) is 0 Å². The Kier molecular flexibility index (Phi) is 7.75. The lowest BCUT2D eigenvalue weighted by molar-refractivity contribution is -0.176. The Balaban J connectivity index is 2.86. The van der Waals surface area contributed by atoms with Crippen LogP contribution in [0.4, 0.5) is 0 Å². The van der Waals surface area contributed by atoms with E-state index in [1.807, 2.05) is 6.92 Å². The van der Waals surface area contributed by atoms with Gasteiger partial charge < -0.3 is 18.3 Å². The van der Waals surface area contributed by atoms with Gasteiger partial charge in [-0.25, -0.2) is 0 Å². The molecule has 0 aromatic carbocycles. The summed E-state index contributed by atoms with van der Waals surface area (Å²) in [4.78, 5) is 39.2. The molecular formula is C24H40O7Si2. The van der Waals surface area contributed by atoms with Crippen LogP contribution >= 0.6 is 0 Å². The van der Waals surface area contributed by atoms with Crippen LogP contribution in [-0.2, 0) is 32.7 Å². The second-order valence-corrected chi connectivity index (χ2v) is 20.4. The molecule has 2 aliphatic rings. The fourth-order valence-electron chi connectivity index (χ4n) is 5.42. The van der Waals surface area contributed by atoms with Crippen molar-refractivity contribution in [3.8, 4) is 0 Å². The first kappa shape index (κ1) is 27.7. The van der Waals surface area contributed by atoms with E-state index in [-0.39, 0.29) is 12.2 Å². The molecule has 6 atom stereocenters. The van der Waals surface area contributed by atoms with Gasteiger partial charge in [0, 0.05) is 17.3 Å². The van der Waals surface area contributed by atoms with E-state index in [1.165, 1.54) is 20.3 Å². The highest BCUT2D eigenvalue weighted by atomic mass is 28.4. The maximum Gasteiger partial charge on any atom is 0.315 e. The lowest BCUT2D eigenvalue weighted by Crippen LogP contribution is -2.67. The van der Waals surface area contributed by atoms with E-state index in [2.05, 4.69) is 45.9 Å². The molecule has 7 nitrogen and oxygen atoms in total. The molecule has 0 unspecified atom stereocenters. The highest BCUT2D eigenvalue weighted by Crippen LogP contribution is 2.60. The average Bonchev–Trinajstić information content (AvgIpc) is 2.68. The first-order valence-electron chi connectivity index (χ1n) is 11.4. The molecule has 0 N–H and O–H groups in total. The molecule has 0 aromatic heterocycles. The van der Waals surface area contributed by atoms with Gasteiger partial charge >= 0.3 is 11.9 Å². The lowest BCUT2D eigenvalue weighted by atomic mass is 9.46. The molecule has 186 valence electrons. The number of carbonyl (C=O) groups is 3. The van der Waals surface area contributed by atoms with Crippen molar-refractivity contribution in [1.29, 1.82) is 0 Å². The predicted octanol–water partition coefficient (Wildman–Crippen LogP) is 4.12. The zero-order valence-corrected chi connectivity index (χ0v) is 23.7. The van der Waals surface area contributed by atoms with Crippen molar-refractivity contribution >= 4 is 34.4 Å². The van der Waals surface area contributed by atoms with Gasteiger partial charge in [0.1, 0.15) is 0 Å². The standard InChI is InChI=1S/C24H40O7Si2/c1-15-16(14-18(26)28-4)24(3)17(25)12-13-23(2,22(27)29-5)21(24)20(31-33(9,10)11)19(15)30-32(6,7)8/h12-13,16,19-21H,1,14H2,2-11H3/t16-,19-,20-,21-,23+,24-/m0/s1. The van der Waals surface area contributed by atoms with E-state index in [0.29, 0.717) is 5.57 Å². The average molecular weight is 497 g/mol. The molecule has 0 bridgehead atoms. The van der Waals surface area contributed by atoms with Gasteiger partial charge in [-0.2, -0.15) is 0 Å². The van der Waals surface area contributed by atoms with Crippen molar-refractivity contribution in [1.82, 2.24) is 0 Å². The summed E-state index contributed by atoms with van der Waals surface area (Å²) in [6.45, 7) is 20.3. The number of carbonyl (C=O) groups excluding carboxylic acids is 3. The van der Waals surface area contributed by atoms with Crippen LogP contribution < -0.4 is 0 Å². The Morgan fingerprint density at radius 1 is 1.00 bits per heavy atom. The number of ether oxygens (including phenoxy) is 2. The van der Waals surface area contributed by atoms with Gasteiger partial charge in [0.2, 0.25) is 0 Å². The SMILES string of the molecule is C=C1[C@H](O[Si](C)(C)C)[C@H](O[Si](C)(C)C)[C@@H]2[C@](C)(C(=O)C=C[C@@]2(C)C(=O)OC)[C@H]1CC(=O)OC. The molecule has 0 radical (unpaired) electrons. The molecule has 0 heterocycles. The Hall–Kier alpha value is -1.56. The number of allylic oxidation sites excluding steroid dienone is 1. The minimum Gasteiger partial charge on any atom is -0.469 e. The molecule has 1 saturated carbocycles. The quantitative estimate of drug-likeness (QED) is 0.298. The molecule has 0 aliphatic heterocycles. The number of esters is 2. The summed E-state index contributed by atoms with van der Waals surface area (Å²) in [6.07, 6.45) is 1.86. The summed E-state index contributed by atoms with van der Waals surface area (Å²) < 4.78 is 23.5. The van der Waals surface area contributed by atoms with Crippen LogP contribution in [0.1, 0.15) is 20.3 Å². The van der Waals surface area contributed by atoms with Crippen LogP contribution in [0.3, 0.4) is 0 Å². The number of methoxy groups -OCH3 is 2. The molecule has 1 fully saturated rings. The van der Waals surface area contributed by atoms with E-state index in [4.69, 9.17) is 18.3 Å². The first-order chi connectivity index (χ1) is 14.9. The molecule has 0 aromatic rings. The number of ketones is 1. The minimum atomic E-state index is -2.18. The number of fused-ring (bicyclic) bond motifs is 1. The lowest BCUT2D eigenvalue weighted by Gasteiger charge is -2.60. The van der Waals surface area contributed by atoms with Gasteiger partial charge in [-0.3, -0.25) is 14.4 Å². The molecule has 2 rings (SSSR count). The summed E-state index contributed by atoms with van der Waals surface area (Å²) in [5.41, 5.74) is -1.65. The summed E-state index contributed by atoms with van der Waals surface area (Å²) in [5, 5.41) is 0. The Labute approximate surface area is 200 Å². The van der Waals surface area contributed by atoms with Gasteiger partial charge in [-0.05, 0) is 57.9 Å². The summed E-state index contributed by atoms with van der Waals surface area (Å²) in [7, 11) is -1.64. The number of rotatable bonds is 7. The maximum atomic E-state index is 13.6. The topological polar surface area (TPSA) is 88.1 Å². The number of hydrogen-bond donors (Lipinski definition) is 0. The third-order valence-electron chi connectivity index (χ3n) is 6.76. The molecule has 0 saturated heterocycles. The van der Waals surface area contributed by atoms with Crippen LogP contribution in [0.5, 0.6) is 0 Å². The van der Waals surface area contributed by atoms with Crippen molar-refractivity contribution in [2.45, 2.75) is 71.8 Å². The second kappa shape index (κ2) is 9.24. The Morgan fingerprint density at radius 3 is 2.00 bits per heavy atom. The van der Waals surface area contributed by atoms with Gasteiger partial charge in [-0.15, -0.1) is 0 Å². The van der Waals surface area contributed by atoms with Crippen LogP contribution in [-0.4, -0.2) is 60.8 Å². The predicted molar refractivity (Wildman–Crippen MR) is 132 cm³/mol. The van der Waals surface area contributed by atoms with E-state index in [0.717, 1.165) is 0 Å². The minimum absolute atomic E-state index is 0.0373. The zero-order chi connectivity index (χ0) is 25.6. The maximum absolute atomic E-state index is 13.6. The second-order valence-electron chi connectivity index (χ2n) is 11.5. The Morgan fingerprint density at radius 2 is 1.55 bits per heavy atom. The number of hydrogen-bond acceptors (Lipinski definition) is 7. The fourth-order valence-corrected chi connectivity index (χ4v) is 7.54. The monoisotopic (exact) mass is 496 g/mol. The fraction of sp³-hybridized carbons (Fsp3) is 0.708. The smallest absolute Gasteiger partial charge is 0.315 e. The van der Waals surface area contributed by atoms with E-state index in [1.54, 1.807) is 13.0 Å². The molecule has 0 spiro atoms. The molecule has 0 amide bonds. The third-order valence-corrected chi connectivity index (χ3v) is 8.70. The van der Waals surface area contributed by atoms with Crippen molar-refractivity contribution in [2.24, 2.45) is 22.7 Å². The van der Waals surface area contributed by atoms with E-state index < -0.39 is 63.4 Å². The van der Waals surface area contributed by atoms with Gasteiger partial charge in [0.05, 0.1) is 38.3 Å². The first-order valence-corrected chi connectivity index (χ1v) is 18.2. The summed E-state index contributed by atoms with van der Waals surface area (Å²) in [5.74, 6) is -2.27. The van der Waals surface area contributed by atoms with E-state index in [9.17, 15) is 14.4 Å². The molecule has 9 heteroatoms. The van der Waals surface area contributed by atoms with Gasteiger partial charge in [-0.1, -0.05) is 19.6 Å². The summed E-state index contributed by atoms with van der Waals surface area (Å²) in [6, 6.07) is 0. The van der Waals surface area contributed by atoms with Crippen LogP contribution in [0.2, 0.25) is 39.3 Å². The normalized spacial score (nSPS) is 34.6. The largest absolute Gasteiger partial charge is 0.469 e. The third kappa shape index (κ3) is 5.26. The summed E-state index contributed by atoms with van der Waals surface area (Å²) >= 11 is 0. The van der Waals surface area contributed by atoms with Crippen molar-refractivity contribution in [3.63, 3.8) is 0 Å². The van der Waals surface area contributed by atoms with Crippen molar-refractivity contribution in [2.75, 3.05) is 14.2 Å². The van der Waals surface area contributed by atoms with Crippen molar-refractivity contribution in [3.05, 3.63) is 24.3 Å². The Bertz CT molecular complexity index is 854. The van der Waals surface area contributed by atoms with Crippen LogP contribution in [0.25, 0.3) is 0 Å². The molecule has 33 heavy (non-hydrogen) atoms.